The van der Waals surface area contributed by atoms with Crippen molar-refractivity contribution >= 4 is 15.9 Å². The molecule has 3 unspecified atom stereocenters. The molecule has 1 aliphatic carbocycles. The van der Waals surface area contributed by atoms with Gasteiger partial charge in [0.2, 0.25) is 0 Å². The van der Waals surface area contributed by atoms with Gasteiger partial charge in [-0.3, -0.25) is 0 Å². The van der Waals surface area contributed by atoms with Crippen LogP contribution in [-0.2, 0) is 0 Å². The number of benzene rings is 1. The van der Waals surface area contributed by atoms with E-state index in [0.717, 1.165) is 11.8 Å². The summed E-state index contributed by atoms with van der Waals surface area (Å²) < 4.78 is 0. The van der Waals surface area contributed by atoms with Gasteiger partial charge in [-0.15, -0.1) is 0 Å². The van der Waals surface area contributed by atoms with Gasteiger partial charge in [-0.2, -0.15) is 0 Å². The Morgan fingerprint density at radius 1 is 1.06 bits per heavy atom. The molecule has 1 aromatic rings. The largest absolute Gasteiger partial charge is 0.0836 e. The average molecular weight is 309 g/mol. The lowest BCUT2D eigenvalue weighted by atomic mass is 9.89. The highest BCUT2D eigenvalue weighted by molar-refractivity contribution is 9.09. The van der Waals surface area contributed by atoms with Gasteiger partial charge in [0.05, 0.1) is 0 Å². The number of hydrogen-bond donors (Lipinski definition) is 0. The summed E-state index contributed by atoms with van der Waals surface area (Å²) in [5, 5.41) is 0. The van der Waals surface area contributed by atoms with Gasteiger partial charge in [-0.1, -0.05) is 68.7 Å². The van der Waals surface area contributed by atoms with Gasteiger partial charge in [0, 0.05) is 4.83 Å². The van der Waals surface area contributed by atoms with Crippen LogP contribution in [0.25, 0.3) is 0 Å². The lowest BCUT2D eigenvalue weighted by Crippen LogP contribution is -2.03. The molecule has 1 heteroatoms. The van der Waals surface area contributed by atoms with Gasteiger partial charge >= 0.3 is 0 Å². The highest BCUT2D eigenvalue weighted by Crippen LogP contribution is 2.52. The van der Waals surface area contributed by atoms with Gasteiger partial charge < -0.3 is 0 Å². The second kappa shape index (κ2) is 5.36. The lowest BCUT2D eigenvalue weighted by molar-refractivity contribution is 0.720. The minimum Gasteiger partial charge on any atom is -0.0836 e. The molecule has 1 aliphatic rings. The van der Waals surface area contributed by atoms with E-state index in [0.29, 0.717) is 16.7 Å². The first-order chi connectivity index (χ1) is 8.41. The number of hydrogen-bond acceptors (Lipinski definition) is 0. The van der Waals surface area contributed by atoms with Gasteiger partial charge in [0.15, 0.2) is 0 Å². The van der Waals surface area contributed by atoms with E-state index in [1.165, 1.54) is 23.1 Å². The van der Waals surface area contributed by atoms with Crippen LogP contribution in [-0.4, -0.2) is 0 Å². The van der Waals surface area contributed by atoms with Crippen molar-refractivity contribution in [2.45, 2.75) is 57.7 Å². The molecule has 3 atom stereocenters. The van der Waals surface area contributed by atoms with E-state index in [-0.39, 0.29) is 0 Å². The van der Waals surface area contributed by atoms with Crippen molar-refractivity contribution in [3.8, 4) is 0 Å². The molecule has 0 bridgehead atoms. The summed E-state index contributed by atoms with van der Waals surface area (Å²) in [5.74, 6) is 2.95. The van der Waals surface area contributed by atoms with E-state index >= 15 is 0 Å². The summed E-state index contributed by atoms with van der Waals surface area (Å²) in [5.41, 5.74) is 4.51. The maximum Gasteiger partial charge on any atom is 0.0428 e. The zero-order chi connectivity index (χ0) is 13.4. The average Bonchev–Trinajstić information content (AvgIpc) is 3.04. The third-order valence-corrected chi connectivity index (χ3v) is 5.42. The molecule has 0 heterocycles. The molecule has 0 N–H and O–H groups in total. The van der Waals surface area contributed by atoms with Crippen molar-refractivity contribution in [2.24, 2.45) is 11.8 Å². The second-order valence-corrected chi connectivity index (χ2v) is 7.46. The molecule has 18 heavy (non-hydrogen) atoms. The highest BCUT2D eigenvalue weighted by Gasteiger charge is 2.39. The van der Waals surface area contributed by atoms with Crippen LogP contribution in [0.3, 0.4) is 0 Å². The molecule has 0 radical (unpaired) electrons. The van der Waals surface area contributed by atoms with E-state index in [1.807, 2.05) is 0 Å². The van der Waals surface area contributed by atoms with Crippen LogP contribution in [0.5, 0.6) is 0 Å². The zero-order valence-electron chi connectivity index (χ0n) is 12.2. The minimum absolute atomic E-state index is 0.547. The molecule has 2 rings (SSSR count). The summed E-state index contributed by atoms with van der Waals surface area (Å²) >= 11 is 3.93. The second-order valence-electron chi connectivity index (χ2n) is 6.48. The predicted octanol–water partition coefficient (Wildman–Crippen LogP) is 6.03. The Labute approximate surface area is 120 Å². The first kappa shape index (κ1) is 14.1. The van der Waals surface area contributed by atoms with Crippen molar-refractivity contribution in [3.63, 3.8) is 0 Å². The van der Waals surface area contributed by atoms with Crippen molar-refractivity contribution in [1.29, 1.82) is 0 Å². The van der Waals surface area contributed by atoms with Crippen LogP contribution in [0.15, 0.2) is 18.2 Å². The first-order valence-corrected chi connectivity index (χ1v) is 8.11. The fourth-order valence-electron chi connectivity index (χ4n) is 2.69. The van der Waals surface area contributed by atoms with Crippen LogP contribution >= 0.6 is 15.9 Å². The quantitative estimate of drug-likeness (QED) is 0.596. The van der Waals surface area contributed by atoms with E-state index in [2.05, 4.69) is 68.7 Å². The first-order valence-electron chi connectivity index (χ1n) is 7.19. The molecule has 0 aliphatic heterocycles. The Hall–Kier alpha value is -0.300. The number of halogens is 1. The van der Waals surface area contributed by atoms with Gasteiger partial charge in [0.25, 0.3) is 0 Å². The van der Waals surface area contributed by atoms with Crippen molar-refractivity contribution < 1.29 is 0 Å². The van der Waals surface area contributed by atoms with Crippen LogP contribution in [0.4, 0.5) is 0 Å². The van der Waals surface area contributed by atoms with E-state index in [1.54, 1.807) is 0 Å². The Morgan fingerprint density at radius 3 is 2.11 bits per heavy atom. The molecule has 1 saturated carbocycles. The number of rotatable bonds is 4. The van der Waals surface area contributed by atoms with Crippen molar-refractivity contribution in [1.82, 2.24) is 0 Å². The third-order valence-electron chi connectivity index (χ3n) is 4.24. The van der Waals surface area contributed by atoms with Crippen molar-refractivity contribution in [3.05, 3.63) is 34.9 Å². The predicted molar refractivity (Wildman–Crippen MR) is 83.6 cm³/mol. The van der Waals surface area contributed by atoms with Crippen LogP contribution in [0.2, 0.25) is 0 Å². The summed E-state index contributed by atoms with van der Waals surface area (Å²) in [6, 6.07) is 7.09. The van der Waals surface area contributed by atoms with E-state index in [9.17, 15) is 0 Å². The monoisotopic (exact) mass is 308 g/mol. The molecule has 0 spiro atoms. The van der Waals surface area contributed by atoms with Crippen LogP contribution < -0.4 is 0 Å². The molecular weight excluding hydrogens is 284 g/mol. The normalized spacial score (nSPS) is 24.7. The van der Waals surface area contributed by atoms with Crippen molar-refractivity contribution in [2.75, 3.05) is 0 Å². The Balaban J connectivity index is 2.34. The molecule has 100 valence electrons. The molecule has 1 fully saturated rings. The van der Waals surface area contributed by atoms with Crippen LogP contribution in [0, 0.1) is 11.8 Å². The summed E-state index contributed by atoms with van der Waals surface area (Å²) in [6.07, 6.45) is 1.37. The molecule has 0 nitrogen and oxygen atoms in total. The maximum absolute atomic E-state index is 3.93. The minimum atomic E-state index is 0.547. The van der Waals surface area contributed by atoms with Gasteiger partial charge in [0.1, 0.15) is 0 Å². The SMILES string of the molecule is CC(C)c1ccc(C(Br)C2CC2C)c(C(C)C)c1. The summed E-state index contributed by atoms with van der Waals surface area (Å²) in [7, 11) is 0. The molecule has 1 aromatic carbocycles. The third kappa shape index (κ3) is 2.82. The molecule has 0 saturated heterocycles. The highest BCUT2D eigenvalue weighted by atomic mass is 79.9. The Kier molecular flexibility index (Phi) is 4.21. The molecule has 0 amide bonds. The standard InChI is InChI=1S/C17H25Br/c1-10(2)13-6-7-14(15(9-13)11(3)4)17(18)16-8-12(16)5/h6-7,9-12,16-17H,8H2,1-5H3. The summed E-state index contributed by atoms with van der Waals surface area (Å²) in [4.78, 5) is 0.547. The van der Waals surface area contributed by atoms with Crippen LogP contribution in [0.1, 0.15) is 74.4 Å². The fraction of sp³-hybridized carbons (Fsp3) is 0.647. The topological polar surface area (TPSA) is 0 Å². The van der Waals surface area contributed by atoms with E-state index in [4.69, 9.17) is 0 Å². The zero-order valence-corrected chi connectivity index (χ0v) is 13.8. The fourth-order valence-corrected chi connectivity index (χ4v) is 3.85. The lowest BCUT2D eigenvalue weighted by Gasteiger charge is -2.20. The Bertz CT molecular complexity index is 420. The smallest absolute Gasteiger partial charge is 0.0428 e. The maximum atomic E-state index is 3.93. The van der Waals surface area contributed by atoms with Gasteiger partial charge in [-0.05, 0) is 46.8 Å². The molecular formula is C17H25Br. The Morgan fingerprint density at radius 2 is 1.67 bits per heavy atom. The van der Waals surface area contributed by atoms with E-state index < -0.39 is 0 Å². The van der Waals surface area contributed by atoms with Gasteiger partial charge in [-0.25, -0.2) is 0 Å². The molecule has 0 aromatic heterocycles. The summed E-state index contributed by atoms with van der Waals surface area (Å²) in [6.45, 7) is 11.5. The number of alkyl halides is 1.